The summed E-state index contributed by atoms with van der Waals surface area (Å²) in [6.07, 6.45) is 0.550. The zero-order valence-electron chi connectivity index (χ0n) is 21.9. The molecule has 0 spiro atoms. The second kappa shape index (κ2) is 13.1. The zero-order valence-corrected chi connectivity index (χ0v) is 23.5. The summed E-state index contributed by atoms with van der Waals surface area (Å²) in [5.74, 6) is 0.173. The number of carbonyl (C=O) groups excluding carboxylic acids is 2. The van der Waals surface area contributed by atoms with Crippen LogP contribution in [0, 0.1) is 10.1 Å². The normalized spacial score (nSPS) is 11.4. The molecule has 0 radical (unpaired) electrons. The number of carbonyl (C=O) groups is 2. The van der Waals surface area contributed by atoms with Gasteiger partial charge in [0.1, 0.15) is 17.1 Å². The largest absolute Gasteiger partial charge is 0.496 e. The Bertz CT molecular complexity index is 1520. The number of non-ortho nitro benzene ring substituents is 1. The second-order valence-electron chi connectivity index (χ2n) is 8.37. The summed E-state index contributed by atoms with van der Waals surface area (Å²) in [5, 5.41) is 18.5. The monoisotopic (exact) mass is 578 g/mol. The van der Waals surface area contributed by atoms with Crippen molar-refractivity contribution in [1.29, 1.82) is 0 Å². The van der Waals surface area contributed by atoms with Gasteiger partial charge in [-0.3, -0.25) is 19.7 Å². The number of nitro groups is 1. The highest BCUT2D eigenvalue weighted by molar-refractivity contribution is 8.00. The molecule has 1 heterocycles. The summed E-state index contributed by atoms with van der Waals surface area (Å²) in [5.41, 5.74) is 1.94. The Hall–Kier alpha value is -4.42. The van der Waals surface area contributed by atoms with E-state index in [0.717, 1.165) is 4.90 Å². The van der Waals surface area contributed by atoms with Crippen LogP contribution in [0.4, 0.5) is 16.5 Å². The SMILES string of the molecule is CCC(Sc1cccc(NC(=O)c2c(OC)cccc2OC)c1)C(=O)Nc1nc(-c2cccc([N+](=O)[O-])c2)cs1. The van der Waals surface area contributed by atoms with E-state index >= 15 is 0 Å². The van der Waals surface area contributed by atoms with Gasteiger partial charge in [-0.05, 0) is 36.8 Å². The van der Waals surface area contributed by atoms with E-state index in [9.17, 15) is 19.7 Å². The van der Waals surface area contributed by atoms with Crippen LogP contribution in [0.3, 0.4) is 0 Å². The Kier molecular flexibility index (Phi) is 9.35. The van der Waals surface area contributed by atoms with Gasteiger partial charge in [0.2, 0.25) is 5.91 Å². The molecule has 2 amide bonds. The first-order valence-corrected chi connectivity index (χ1v) is 13.9. The van der Waals surface area contributed by atoms with E-state index in [1.165, 1.54) is 49.5 Å². The van der Waals surface area contributed by atoms with Gasteiger partial charge in [-0.15, -0.1) is 23.1 Å². The summed E-state index contributed by atoms with van der Waals surface area (Å²) in [7, 11) is 2.97. The maximum absolute atomic E-state index is 13.1. The average molecular weight is 579 g/mol. The lowest BCUT2D eigenvalue weighted by Gasteiger charge is -2.15. The van der Waals surface area contributed by atoms with E-state index in [1.807, 2.05) is 13.0 Å². The van der Waals surface area contributed by atoms with Crippen molar-refractivity contribution < 1.29 is 24.0 Å². The lowest BCUT2D eigenvalue weighted by Crippen LogP contribution is -2.24. The molecule has 4 rings (SSSR count). The van der Waals surface area contributed by atoms with Crippen molar-refractivity contribution in [3.8, 4) is 22.8 Å². The van der Waals surface area contributed by atoms with E-state index in [4.69, 9.17) is 9.47 Å². The first-order chi connectivity index (χ1) is 19.3. The minimum atomic E-state index is -0.461. The molecule has 4 aromatic rings. The number of thioether (sulfide) groups is 1. The van der Waals surface area contributed by atoms with E-state index in [-0.39, 0.29) is 23.1 Å². The van der Waals surface area contributed by atoms with Crippen LogP contribution in [0.2, 0.25) is 0 Å². The molecule has 0 fully saturated rings. The molecular formula is C28H26N4O6S2. The Labute approximate surface area is 238 Å². The highest BCUT2D eigenvalue weighted by atomic mass is 32.2. The van der Waals surface area contributed by atoms with Crippen molar-refractivity contribution in [3.63, 3.8) is 0 Å². The van der Waals surface area contributed by atoms with Gasteiger partial charge in [-0.2, -0.15) is 0 Å². The van der Waals surface area contributed by atoms with Gasteiger partial charge in [-0.25, -0.2) is 4.98 Å². The van der Waals surface area contributed by atoms with Crippen LogP contribution in [0.25, 0.3) is 11.3 Å². The van der Waals surface area contributed by atoms with Crippen molar-refractivity contribution in [1.82, 2.24) is 4.98 Å². The predicted octanol–water partition coefficient (Wildman–Crippen LogP) is 6.50. The smallest absolute Gasteiger partial charge is 0.270 e. The fourth-order valence-corrected chi connectivity index (χ4v) is 5.57. The lowest BCUT2D eigenvalue weighted by atomic mass is 10.1. The molecule has 0 saturated carbocycles. The van der Waals surface area contributed by atoms with Crippen LogP contribution in [0.5, 0.6) is 11.5 Å². The molecule has 0 saturated heterocycles. The minimum absolute atomic E-state index is 0.0287. The maximum Gasteiger partial charge on any atom is 0.270 e. The van der Waals surface area contributed by atoms with Gasteiger partial charge in [0.25, 0.3) is 11.6 Å². The third-order valence-corrected chi connectivity index (χ3v) is 7.89. The molecule has 0 aliphatic carbocycles. The average Bonchev–Trinajstić information content (AvgIpc) is 3.44. The molecule has 12 heteroatoms. The Morgan fingerprint density at radius 3 is 2.40 bits per heavy atom. The minimum Gasteiger partial charge on any atom is -0.496 e. The first-order valence-electron chi connectivity index (χ1n) is 12.1. The summed E-state index contributed by atoms with van der Waals surface area (Å²) < 4.78 is 10.7. The molecule has 0 aliphatic heterocycles. The van der Waals surface area contributed by atoms with Crippen LogP contribution < -0.4 is 20.1 Å². The fourth-order valence-electron chi connectivity index (χ4n) is 3.83. The number of thiazole rings is 1. The predicted molar refractivity (Wildman–Crippen MR) is 157 cm³/mol. The Balaban J connectivity index is 1.43. The third-order valence-electron chi connectivity index (χ3n) is 5.78. The van der Waals surface area contributed by atoms with Crippen LogP contribution in [-0.2, 0) is 4.79 Å². The van der Waals surface area contributed by atoms with Crippen molar-refractivity contribution in [2.24, 2.45) is 0 Å². The number of aromatic nitrogens is 1. The molecule has 0 aliphatic rings. The number of nitro benzene ring substituents is 1. The van der Waals surface area contributed by atoms with Gasteiger partial charge in [0.05, 0.1) is 30.1 Å². The third kappa shape index (κ3) is 6.77. The number of nitrogens with zero attached hydrogens (tertiary/aromatic N) is 2. The maximum atomic E-state index is 13.1. The standard InChI is InChI=1S/C28H26N4O6S2/c1-4-24(26(33)31-28-30-21(16-39-28)17-8-5-10-19(14-17)32(35)36)40-20-11-6-9-18(15-20)29-27(34)25-22(37-2)12-7-13-23(25)38-3/h5-16,24H,4H2,1-3H3,(H,29,34)(H,30,31,33). The molecule has 0 bridgehead atoms. The van der Waals surface area contributed by atoms with E-state index in [1.54, 1.807) is 53.9 Å². The second-order valence-corrected chi connectivity index (χ2v) is 10.5. The topological polar surface area (TPSA) is 133 Å². The van der Waals surface area contributed by atoms with Crippen LogP contribution >= 0.6 is 23.1 Å². The van der Waals surface area contributed by atoms with E-state index in [2.05, 4.69) is 15.6 Å². The van der Waals surface area contributed by atoms with E-state index in [0.29, 0.717) is 40.0 Å². The first kappa shape index (κ1) is 28.6. The number of nitrogens with one attached hydrogen (secondary N) is 2. The molecule has 1 atom stereocenters. The molecule has 10 nitrogen and oxygen atoms in total. The van der Waals surface area contributed by atoms with Crippen molar-refractivity contribution in [2.75, 3.05) is 24.9 Å². The molecular weight excluding hydrogens is 552 g/mol. The highest BCUT2D eigenvalue weighted by Crippen LogP contribution is 2.32. The number of rotatable bonds is 11. The van der Waals surface area contributed by atoms with Gasteiger partial charge < -0.3 is 20.1 Å². The number of hydrogen-bond donors (Lipinski definition) is 2. The molecule has 1 unspecified atom stereocenters. The van der Waals surface area contributed by atoms with Gasteiger partial charge in [0, 0.05) is 33.7 Å². The van der Waals surface area contributed by atoms with Gasteiger partial charge in [-0.1, -0.05) is 31.2 Å². The lowest BCUT2D eigenvalue weighted by molar-refractivity contribution is -0.384. The highest BCUT2D eigenvalue weighted by Gasteiger charge is 2.21. The number of amides is 2. The number of ether oxygens (including phenoxy) is 2. The molecule has 1 aromatic heterocycles. The summed E-state index contributed by atoms with van der Waals surface area (Å²) in [6.45, 7) is 1.91. The number of methoxy groups -OCH3 is 2. The number of hydrogen-bond acceptors (Lipinski definition) is 9. The van der Waals surface area contributed by atoms with Crippen LogP contribution in [0.15, 0.2) is 77.0 Å². The van der Waals surface area contributed by atoms with Gasteiger partial charge in [0.15, 0.2) is 5.13 Å². The fraction of sp³-hybridized carbons (Fsp3) is 0.179. The molecule has 2 N–H and O–H groups in total. The summed E-state index contributed by atoms with van der Waals surface area (Å²) in [6, 6.07) is 18.5. The van der Waals surface area contributed by atoms with Gasteiger partial charge >= 0.3 is 0 Å². The van der Waals surface area contributed by atoms with E-state index < -0.39 is 10.2 Å². The number of benzene rings is 3. The van der Waals surface area contributed by atoms with Crippen molar-refractivity contribution in [3.05, 3.63) is 87.8 Å². The van der Waals surface area contributed by atoms with Crippen LogP contribution in [-0.4, -0.2) is 41.2 Å². The van der Waals surface area contributed by atoms with Crippen LogP contribution in [0.1, 0.15) is 23.7 Å². The van der Waals surface area contributed by atoms with Crippen molar-refractivity contribution >= 4 is 51.4 Å². The zero-order chi connectivity index (χ0) is 28.6. The summed E-state index contributed by atoms with van der Waals surface area (Å²) >= 11 is 2.61. The van der Waals surface area contributed by atoms with Crippen molar-refractivity contribution in [2.45, 2.75) is 23.5 Å². The summed E-state index contributed by atoms with van der Waals surface area (Å²) in [4.78, 5) is 42.0. The Morgan fingerprint density at radius 1 is 1.02 bits per heavy atom. The Morgan fingerprint density at radius 2 is 1.73 bits per heavy atom. The molecule has 40 heavy (non-hydrogen) atoms. The quantitative estimate of drug-likeness (QED) is 0.117. The molecule has 206 valence electrons. The molecule has 3 aromatic carbocycles. The number of anilines is 2.